The predicted octanol–water partition coefficient (Wildman–Crippen LogP) is 2.47. The molecule has 162 valence electrons. The summed E-state index contributed by atoms with van der Waals surface area (Å²) in [7, 11) is 3.58. The summed E-state index contributed by atoms with van der Waals surface area (Å²) in [6.45, 7) is 7.27. The fourth-order valence-electron chi connectivity index (χ4n) is 4.31. The highest BCUT2D eigenvalue weighted by molar-refractivity contribution is 14.0. The van der Waals surface area contributed by atoms with Crippen LogP contribution in [0.2, 0.25) is 0 Å². The quantitative estimate of drug-likeness (QED) is 0.361. The van der Waals surface area contributed by atoms with Crippen molar-refractivity contribution in [3.63, 3.8) is 0 Å². The van der Waals surface area contributed by atoms with Crippen molar-refractivity contribution < 1.29 is 4.79 Å². The maximum Gasteiger partial charge on any atom is 0.220 e. The number of benzene rings is 1. The van der Waals surface area contributed by atoms with Crippen molar-refractivity contribution in [3.8, 4) is 0 Å². The highest BCUT2D eigenvalue weighted by atomic mass is 127. The lowest BCUT2D eigenvalue weighted by Crippen LogP contribution is -2.50. The molecule has 0 bridgehead atoms. The van der Waals surface area contributed by atoms with Gasteiger partial charge >= 0.3 is 0 Å². The number of halogens is 1. The topological polar surface area (TPSA) is 60.0 Å². The Balaban J connectivity index is 0.00000300. The number of hydrogen-bond acceptors (Lipinski definition) is 3. The number of amides is 1. The Hall–Kier alpha value is -1.35. The van der Waals surface area contributed by atoms with Crippen LogP contribution in [-0.2, 0) is 17.8 Å². The number of piperidine rings is 1. The smallest absolute Gasteiger partial charge is 0.220 e. The van der Waals surface area contributed by atoms with Crippen LogP contribution in [0.15, 0.2) is 29.3 Å². The SMILES string of the molecule is CN=C(NCC(C)N1CCc2ccccc2C1)N1CCC(CC(=O)NC)CC1.I. The van der Waals surface area contributed by atoms with Gasteiger partial charge in [0.05, 0.1) is 0 Å². The molecule has 6 nitrogen and oxygen atoms in total. The van der Waals surface area contributed by atoms with E-state index in [-0.39, 0.29) is 29.9 Å². The molecule has 0 aromatic heterocycles. The molecule has 0 aliphatic carbocycles. The van der Waals surface area contributed by atoms with Gasteiger partial charge in [0.15, 0.2) is 5.96 Å². The van der Waals surface area contributed by atoms with Crippen molar-refractivity contribution in [2.45, 2.75) is 45.2 Å². The Morgan fingerprint density at radius 3 is 2.55 bits per heavy atom. The first-order chi connectivity index (χ1) is 13.6. The molecule has 2 aliphatic heterocycles. The maximum atomic E-state index is 11.6. The number of guanidine groups is 1. The minimum atomic E-state index is 0. The van der Waals surface area contributed by atoms with Crippen molar-refractivity contribution in [2.24, 2.45) is 10.9 Å². The highest BCUT2D eigenvalue weighted by Gasteiger charge is 2.24. The molecule has 1 unspecified atom stereocenters. The van der Waals surface area contributed by atoms with Crippen molar-refractivity contribution in [3.05, 3.63) is 35.4 Å². The molecule has 1 amide bonds. The zero-order chi connectivity index (χ0) is 19.9. The number of rotatable bonds is 5. The van der Waals surface area contributed by atoms with Gasteiger partial charge in [-0.1, -0.05) is 24.3 Å². The van der Waals surface area contributed by atoms with E-state index >= 15 is 0 Å². The van der Waals surface area contributed by atoms with Crippen molar-refractivity contribution >= 4 is 35.8 Å². The summed E-state index contributed by atoms with van der Waals surface area (Å²) in [4.78, 5) is 21.0. The van der Waals surface area contributed by atoms with E-state index in [2.05, 4.69) is 56.6 Å². The first-order valence-corrected chi connectivity index (χ1v) is 10.6. The molecule has 0 spiro atoms. The first kappa shape index (κ1) is 23.9. The standard InChI is InChI=1S/C22H35N5O.HI/c1-17(27-13-10-19-6-4-5-7-20(19)16-27)15-25-22(24-3)26-11-8-18(9-12-26)14-21(28)23-2;/h4-7,17-18H,8-16H2,1-3H3,(H,23,28)(H,24,25);1H. The van der Waals surface area contributed by atoms with Crippen molar-refractivity contribution in [2.75, 3.05) is 40.3 Å². The number of nitrogens with one attached hydrogen (secondary N) is 2. The Morgan fingerprint density at radius 2 is 1.90 bits per heavy atom. The molecule has 3 rings (SSSR count). The molecule has 1 aromatic carbocycles. The van der Waals surface area contributed by atoms with Crippen LogP contribution in [0, 0.1) is 5.92 Å². The Labute approximate surface area is 192 Å². The summed E-state index contributed by atoms with van der Waals surface area (Å²) >= 11 is 0. The molecule has 1 atom stereocenters. The van der Waals surface area contributed by atoms with E-state index in [1.807, 2.05) is 7.05 Å². The van der Waals surface area contributed by atoms with Gasteiger partial charge < -0.3 is 15.5 Å². The van der Waals surface area contributed by atoms with Gasteiger partial charge in [0.2, 0.25) is 5.91 Å². The van der Waals surface area contributed by atoms with E-state index < -0.39 is 0 Å². The van der Waals surface area contributed by atoms with Crippen LogP contribution in [0.25, 0.3) is 0 Å². The Kier molecular flexibility index (Phi) is 9.68. The summed E-state index contributed by atoms with van der Waals surface area (Å²) in [5.41, 5.74) is 2.96. The second-order valence-corrected chi connectivity index (χ2v) is 8.07. The molecule has 0 radical (unpaired) electrons. The molecule has 29 heavy (non-hydrogen) atoms. The normalized spacial score (nSPS) is 19.1. The number of hydrogen-bond donors (Lipinski definition) is 2. The van der Waals surface area contributed by atoms with Crippen LogP contribution < -0.4 is 10.6 Å². The third kappa shape index (κ3) is 6.57. The van der Waals surface area contributed by atoms with Crippen molar-refractivity contribution in [1.82, 2.24) is 20.4 Å². The fraction of sp³-hybridized carbons (Fsp3) is 0.636. The van der Waals surface area contributed by atoms with Gasteiger partial charge in [0, 0.05) is 59.3 Å². The second kappa shape index (κ2) is 11.7. The summed E-state index contributed by atoms with van der Waals surface area (Å²) in [6.07, 6.45) is 3.87. The van der Waals surface area contributed by atoms with E-state index in [9.17, 15) is 4.79 Å². The molecule has 1 saturated heterocycles. The van der Waals surface area contributed by atoms with E-state index in [4.69, 9.17) is 0 Å². The van der Waals surface area contributed by atoms with Gasteiger partial charge in [0.25, 0.3) is 0 Å². The first-order valence-electron chi connectivity index (χ1n) is 10.6. The van der Waals surface area contributed by atoms with E-state index in [1.165, 1.54) is 11.1 Å². The molecule has 2 heterocycles. The lowest BCUT2D eigenvalue weighted by Gasteiger charge is -2.36. The summed E-state index contributed by atoms with van der Waals surface area (Å²) in [5.74, 6) is 1.63. The van der Waals surface area contributed by atoms with Gasteiger partial charge in [0.1, 0.15) is 0 Å². The highest BCUT2D eigenvalue weighted by Crippen LogP contribution is 2.21. The van der Waals surface area contributed by atoms with Crippen LogP contribution in [0.1, 0.15) is 37.3 Å². The average molecular weight is 513 g/mol. The van der Waals surface area contributed by atoms with E-state index in [1.54, 1.807) is 7.05 Å². The van der Waals surface area contributed by atoms with E-state index in [0.29, 0.717) is 18.4 Å². The molecular formula is C22H36IN5O. The molecular weight excluding hydrogens is 477 g/mol. The molecule has 1 fully saturated rings. The zero-order valence-electron chi connectivity index (χ0n) is 18.0. The number of nitrogens with zero attached hydrogens (tertiary/aromatic N) is 3. The lowest BCUT2D eigenvalue weighted by molar-refractivity contribution is -0.121. The molecule has 2 N–H and O–H groups in total. The molecule has 7 heteroatoms. The number of likely N-dealkylation sites (tertiary alicyclic amines) is 1. The van der Waals surface area contributed by atoms with Gasteiger partial charge in [-0.05, 0) is 43.2 Å². The predicted molar refractivity (Wildman–Crippen MR) is 130 cm³/mol. The molecule has 0 saturated carbocycles. The van der Waals surface area contributed by atoms with Gasteiger partial charge in [-0.25, -0.2) is 0 Å². The van der Waals surface area contributed by atoms with Crippen molar-refractivity contribution in [1.29, 1.82) is 0 Å². The van der Waals surface area contributed by atoms with Gasteiger partial charge in [-0.15, -0.1) is 24.0 Å². The second-order valence-electron chi connectivity index (χ2n) is 8.07. The van der Waals surface area contributed by atoms with Crippen LogP contribution in [-0.4, -0.2) is 68.0 Å². The summed E-state index contributed by atoms with van der Waals surface area (Å²) in [6, 6.07) is 9.24. The summed E-state index contributed by atoms with van der Waals surface area (Å²) in [5, 5.41) is 6.32. The monoisotopic (exact) mass is 513 g/mol. The largest absolute Gasteiger partial charge is 0.359 e. The Bertz CT molecular complexity index is 688. The van der Waals surface area contributed by atoms with Crippen LogP contribution in [0.3, 0.4) is 0 Å². The third-order valence-electron chi connectivity index (χ3n) is 6.22. The zero-order valence-corrected chi connectivity index (χ0v) is 20.3. The average Bonchev–Trinajstić information content (AvgIpc) is 2.74. The Morgan fingerprint density at radius 1 is 1.21 bits per heavy atom. The fourth-order valence-corrected chi connectivity index (χ4v) is 4.31. The minimum Gasteiger partial charge on any atom is -0.359 e. The van der Waals surface area contributed by atoms with Gasteiger partial charge in [-0.2, -0.15) is 0 Å². The number of aliphatic imine (C=N–C) groups is 1. The van der Waals surface area contributed by atoms with E-state index in [0.717, 1.165) is 57.9 Å². The minimum absolute atomic E-state index is 0. The number of carbonyl (C=O) groups is 1. The van der Waals surface area contributed by atoms with Crippen LogP contribution in [0.5, 0.6) is 0 Å². The van der Waals surface area contributed by atoms with Crippen LogP contribution >= 0.6 is 24.0 Å². The number of carbonyl (C=O) groups excluding carboxylic acids is 1. The van der Waals surface area contributed by atoms with Crippen LogP contribution in [0.4, 0.5) is 0 Å². The molecule has 1 aromatic rings. The maximum absolute atomic E-state index is 11.6. The van der Waals surface area contributed by atoms with Gasteiger partial charge in [-0.3, -0.25) is 14.7 Å². The summed E-state index contributed by atoms with van der Waals surface area (Å²) < 4.78 is 0. The third-order valence-corrected chi connectivity index (χ3v) is 6.22. The lowest BCUT2D eigenvalue weighted by atomic mass is 9.93. The molecule has 2 aliphatic rings. The number of fused-ring (bicyclic) bond motifs is 1.